The summed E-state index contributed by atoms with van der Waals surface area (Å²) in [6.07, 6.45) is 2.70. The van der Waals surface area contributed by atoms with Gasteiger partial charge in [-0.25, -0.2) is 4.68 Å². The van der Waals surface area contributed by atoms with Crippen molar-refractivity contribution in [2.24, 2.45) is 0 Å². The van der Waals surface area contributed by atoms with Gasteiger partial charge in [-0.1, -0.05) is 6.07 Å². The fourth-order valence-corrected chi connectivity index (χ4v) is 4.37. The first-order chi connectivity index (χ1) is 14.6. The van der Waals surface area contributed by atoms with Crippen molar-refractivity contribution in [3.63, 3.8) is 0 Å². The van der Waals surface area contributed by atoms with Gasteiger partial charge in [-0.05, 0) is 43.2 Å². The standard InChI is InChI=1S/C22H22N4O4/c1-12-23-22-24-15-9-14(17-5-4-8-30-17)10-16(27)20(15)21(26(22)25-12)13-6-7-18(28-2)19(11-13)29-3/h4-8,11,14,21H,9-10H2,1-3H3,(H,23,24,25)/t14-,21+/m0/s1. The number of Topliss-reactive ketones (excluding diaryl/α,β-unsaturated/α-hetero) is 1. The van der Waals surface area contributed by atoms with E-state index in [2.05, 4.69) is 15.4 Å². The molecule has 0 saturated heterocycles. The molecule has 0 amide bonds. The fourth-order valence-electron chi connectivity index (χ4n) is 4.37. The van der Waals surface area contributed by atoms with Crippen LogP contribution in [0.3, 0.4) is 0 Å². The average molecular weight is 406 g/mol. The Morgan fingerprint density at radius 1 is 1.17 bits per heavy atom. The summed E-state index contributed by atoms with van der Waals surface area (Å²) in [5, 5.41) is 7.91. The summed E-state index contributed by atoms with van der Waals surface area (Å²) >= 11 is 0. The van der Waals surface area contributed by atoms with Crippen LogP contribution in [0, 0.1) is 6.92 Å². The van der Waals surface area contributed by atoms with E-state index in [-0.39, 0.29) is 17.7 Å². The van der Waals surface area contributed by atoms with Gasteiger partial charge in [0.1, 0.15) is 17.6 Å². The second kappa shape index (κ2) is 7.05. The Bertz CT molecular complexity index is 1150. The summed E-state index contributed by atoms with van der Waals surface area (Å²) in [4.78, 5) is 17.9. The largest absolute Gasteiger partial charge is 0.493 e. The second-order valence-corrected chi connectivity index (χ2v) is 7.51. The van der Waals surface area contributed by atoms with E-state index < -0.39 is 0 Å². The highest BCUT2D eigenvalue weighted by Gasteiger charge is 2.40. The van der Waals surface area contributed by atoms with Crippen molar-refractivity contribution < 1.29 is 18.7 Å². The maximum Gasteiger partial charge on any atom is 0.226 e. The number of furan rings is 1. The molecule has 0 bridgehead atoms. The van der Waals surface area contributed by atoms with E-state index in [1.165, 1.54) is 0 Å². The number of allylic oxidation sites excluding steroid dienone is 2. The van der Waals surface area contributed by atoms with E-state index in [1.807, 2.05) is 37.3 Å². The number of ether oxygens (including phenoxy) is 2. The molecule has 1 aromatic carbocycles. The molecule has 2 aliphatic rings. The molecule has 0 fully saturated rings. The van der Waals surface area contributed by atoms with Crippen molar-refractivity contribution in [3.8, 4) is 11.5 Å². The molecule has 0 saturated carbocycles. The van der Waals surface area contributed by atoms with Crippen molar-refractivity contribution >= 4 is 11.7 Å². The van der Waals surface area contributed by atoms with Crippen LogP contribution in [-0.4, -0.2) is 34.8 Å². The minimum absolute atomic E-state index is 0.000344. The number of benzene rings is 1. The third-order valence-electron chi connectivity index (χ3n) is 5.69. The zero-order valence-electron chi connectivity index (χ0n) is 17.0. The molecule has 30 heavy (non-hydrogen) atoms. The Morgan fingerprint density at radius 3 is 2.73 bits per heavy atom. The molecule has 154 valence electrons. The molecule has 1 aliphatic heterocycles. The first-order valence-electron chi connectivity index (χ1n) is 9.80. The molecule has 8 nitrogen and oxygen atoms in total. The number of carbonyl (C=O) groups excluding carboxylic acids is 1. The smallest absolute Gasteiger partial charge is 0.226 e. The van der Waals surface area contributed by atoms with Crippen molar-refractivity contribution in [2.45, 2.75) is 31.7 Å². The minimum Gasteiger partial charge on any atom is -0.493 e. The molecule has 8 heteroatoms. The van der Waals surface area contributed by atoms with Gasteiger partial charge in [0.15, 0.2) is 17.3 Å². The first-order valence-corrected chi connectivity index (χ1v) is 9.80. The number of anilines is 1. The van der Waals surface area contributed by atoms with E-state index in [1.54, 1.807) is 25.2 Å². The minimum atomic E-state index is -0.387. The number of hydrogen-bond donors (Lipinski definition) is 1. The maximum atomic E-state index is 13.4. The molecular formula is C22H22N4O4. The Hall–Kier alpha value is -3.55. The third-order valence-corrected chi connectivity index (χ3v) is 5.69. The molecule has 2 atom stereocenters. The lowest BCUT2D eigenvalue weighted by Gasteiger charge is -2.34. The topological polar surface area (TPSA) is 91.4 Å². The van der Waals surface area contributed by atoms with Crippen LogP contribution in [0.5, 0.6) is 11.5 Å². The Labute approximate surface area is 173 Å². The molecule has 2 aromatic heterocycles. The van der Waals surface area contributed by atoms with Crippen molar-refractivity contribution in [2.75, 3.05) is 19.5 Å². The van der Waals surface area contributed by atoms with Crippen LogP contribution >= 0.6 is 0 Å². The van der Waals surface area contributed by atoms with Gasteiger partial charge in [0, 0.05) is 23.6 Å². The van der Waals surface area contributed by atoms with Crippen molar-refractivity contribution in [3.05, 3.63) is 65.0 Å². The predicted molar refractivity (Wildman–Crippen MR) is 109 cm³/mol. The van der Waals surface area contributed by atoms with Crippen LogP contribution in [0.1, 0.15) is 41.9 Å². The molecule has 0 unspecified atom stereocenters. The zero-order valence-corrected chi connectivity index (χ0v) is 17.0. The van der Waals surface area contributed by atoms with Gasteiger partial charge >= 0.3 is 0 Å². The SMILES string of the molecule is COc1ccc([C@@H]2C3=C(C[C@H](c4ccco4)CC3=O)Nc3nc(C)nn32)cc1OC. The van der Waals surface area contributed by atoms with Crippen LogP contribution in [0.2, 0.25) is 0 Å². The monoisotopic (exact) mass is 406 g/mol. The number of ketones is 1. The average Bonchev–Trinajstić information content (AvgIpc) is 3.40. The summed E-state index contributed by atoms with van der Waals surface area (Å²) in [5.74, 6) is 3.39. The highest BCUT2D eigenvalue weighted by atomic mass is 16.5. The van der Waals surface area contributed by atoms with Gasteiger partial charge in [0.2, 0.25) is 5.95 Å². The number of aromatic nitrogens is 3. The second-order valence-electron chi connectivity index (χ2n) is 7.51. The molecule has 5 rings (SSSR count). The van der Waals surface area contributed by atoms with Gasteiger partial charge in [0.05, 0.1) is 20.5 Å². The van der Waals surface area contributed by atoms with E-state index in [0.717, 1.165) is 17.0 Å². The van der Waals surface area contributed by atoms with E-state index in [4.69, 9.17) is 13.9 Å². The lowest BCUT2D eigenvalue weighted by molar-refractivity contribution is -0.117. The Kier molecular flexibility index (Phi) is 4.34. The fraction of sp³-hybridized carbons (Fsp3) is 0.318. The lowest BCUT2D eigenvalue weighted by Crippen LogP contribution is -2.33. The summed E-state index contributed by atoms with van der Waals surface area (Å²) in [6.45, 7) is 1.84. The summed E-state index contributed by atoms with van der Waals surface area (Å²) in [5.41, 5.74) is 2.47. The summed E-state index contributed by atoms with van der Waals surface area (Å²) in [6, 6.07) is 9.07. The van der Waals surface area contributed by atoms with Crippen LogP contribution in [-0.2, 0) is 4.79 Å². The van der Waals surface area contributed by atoms with Crippen molar-refractivity contribution in [1.82, 2.24) is 14.8 Å². The molecule has 3 aromatic rings. The highest BCUT2D eigenvalue weighted by molar-refractivity contribution is 6.00. The molecular weight excluding hydrogens is 384 g/mol. The van der Waals surface area contributed by atoms with Gasteiger partial charge in [-0.3, -0.25) is 4.79 Å². The van der Waals surface area contributed by atoms with Crippen LogP contribution < -0.4 is 14.8 Å². The number of nitrogens with one attached hydrogen (secondary N) is 1. The number of carbonyl (C=O) groups is 1. The zero-order chi connectivity index (χ0) is 20.8. The highest BCUT2D eigenvalue weighted by Crippen LogP contribution is 2.45. The van der Waals surface area contributed by atoms with E-state index in [9.17, 15) is 4.79 Å². The van der Waals surface area contributed by atoms with Gasteiger partial charge in [-0.15, -0.1) is 0 Å². The number of methoxy groups -OCH3 is 2. The summed E-state index contributed by atoms with van der Waals surface area (Å²) in [7, 11) is 3.19. The molecule has 1 N–H and O–H groups in total. The van der Waals surface area contributed by atoms with Crippen LogP contribution in [0.25, 0.3) is 0 Å². The number of nitrogens with zero attached hydrogens (tertiary/aromatic N) is 3. The van der Waals surface area contributed by atoms with Crippen LogP contribution in [0.4, 0.5) is 5.95 Å². The molecule has 1 aliphatic carbocycles. The first kappa shape index (κ1) is 18.5. The number of fused-ring (bicyclic) bond motifs is 1. The predicted octanol–water partition coefficient (Wildman–Crippen LogP) is 3.61. The summed E-state index contributed by atoms with van der Waals surface area (Å²) < 4.78 is 18.2. The molecule has 0 spiro atoms. The van der Waals surface area contributed by atoms with Gasteiger partial charge in [-0.2, -0.15) is 10.1 Å². The normalized spacial score (nSPS) is 20.4. The Balaban J connectivity index is 1.64. The van der Waals surface area contributed by atoms with E-state index in [0.29, 0.717) is 41.7 Å². The number of hydrogen-bond acceptors (Lipinski definition) is 7. The van der Waals surface area contributed by atoms with Gasteiger partial charge < -0.3 is 19.2 Å². The number of aryl methyl sites for hydroxylation is 1. The molecule has 0 radical (unpaired) electrons. The third kappa shape index (κ3) is 2.87. The molecule has 3 heterocycles. The Morgan fingerprint density at radius 2 is 2.00 bits per heavy atom. The van der Waals surface area contributed by atoms with E-state index >= 15 is 0 Å². The maximum absolute atomic E-state index is 13.4. The van der Waals surface area contributed by atoms with Gasteiger partial charge in [0.25, 0.3) is 0 Å². The number of rotatable bonds is 4. The quantitative estimate of drug-likeness (QED) is 0.708. The van der Waals surface area contributed by atoms with Crippen molar-refractivity contribution in [1.29, 1.82) is 0 Å². The van der Waals surface area contributed by atoms with Crippen LogP contribution in [0.15, 0.2) is 52.3 Å². The lowest BCUT2D eigenvalue weighted by atomic mass is 9.79.